The maximum atomic E-state index is 12.4. The number of pyridine rings is 2. The van der Waals surface area contributed by atoms with Gasteiger partial charge in [-0.15, -0.1) is 0 Å². The fourth-order valence-corrected chi connectivity index (χ4v) is 1.43. The van der Waals surface area contributed by atoms with E-state index in [2.05, 4.69) is 9.97 Å². The summed E-state index contributed by atoms with van der Waals surface area (Å²) in [5.74, 6) is 0. The molecule has 0 fully saturated rings. The number of nitrogens with zero attached hydrogens (tertiary/aromatic N) is 2. The van der Waals surface area contributed by atoms with Crippen molar-refractivity contribution in [3.63, 3.8) is 0 Å². The highest BCUT2D eigenvalue weighted by atomic mass is 19.1. The Balaban J connectivity index is 2.41. The van der Waals surface area contributed by atoms with Crippen molar-refractivity contribution in [1.29, 1.82) is 0 Å². The van der Waals surface area contributed by atoms with Gasteiger partial charge in [0, 0.05) is 11.8 Å². The van der Waals surface area contributed by atoms with Crippen molar-refractivity contribution in [3.8, 4) is 11.3 Å². The van der Waals surface area contributed by atoms with E-state index in [9.17, 15) is 8.78 Å². The summed E-state index contributed by atoms with van der Waals surface area (Å²) < 4.78 is 24.9. The summed E-state index contributed by atoms with van der Waals surface area (Å²) >= 11 is 0. The zero-order valence-electron chi connectivity index (χ0n) is 8.53. The number of hydrogen-bond acceptors (Lipinski definition) is 2. The van der Waals surface area contributed by atoms with Crippen LogP contribution in [0.25, 0.3) is 11.3 Å². The Morgan fingerprint density at radius 1 is 1.00 bits per heavy atom. The van der Waals surface area contributed by atoms with E-state index in [1.54, 1.807) is 30.3 Å². The van der Waals surface area contributed by atoms with Crippen LogP contribution in [-0.2, 0) is 13.3 Å². The molecule has 16 heavy (non-hydrogen) atoms. The van der Waals surface area contributed by atoms with Crippen LogP contribution in [0.5, 0.6) is 0 Å². The molecule has 0 atom stereocenters. The van der Waals surface area contributed by atoms with Gasteiger partial charge in [0.25, 0.3) is 0 Å². The molecular formula is C12H10F2N2. The second-order valence-corrected chi connectivity index (χ2v) is 3.32. The molecule has 2 nitrogen and oxygen atoms in total. The predicted octanol–water partition coefficient (Wildman–Crippen LogP) is 3.08. The number of alkyl halides is 2. The van der Waals surface area contributed by atoms with Gasteiger partial charge in [-0.3, -0.25) is 9.97 Å². The highest BCUT2D eigenvalue weighted by Crippen LogP contribution is 2.18. The largest absolute Gasteiger partial charge is 0.258 e. The van der Waals surface area contributed by atoms with Crippen LogP contribution in [0.4, 0.5) is 8.78 Å². The Hall–Kier alpha value is -1.84. The molecule has 0 radical (unpaired) electrons. The quantitative estimate of drug-likeness (QED) is 0.794. The minimum Gasteiger partial charge on any atom is -0.258 e. The van der Waals surface area contributed by atoms with Crippen LogP contribution >= 0.6 is 0 Å². The average molecular weight is 220 g/mol. The summed E-state index contributed by atoms with van der Waals surface area (Å²) in [5, 5.41) is 0. The van der Waals surface area contributed by atoms with E-state index in [0.717, 1.165) is 5.56 Å². The van der Waals surface area contributed by atoms with Crippen LogP contribution in [0.15, 0.2) is 36.5 Å². The first-order valence-electron chi connectivity index (χ1n) is 4.86. The molecule has 0 aliphatic carbocycles. The van der Waals surface area contributed by atoms with Crippen LogP contribution in [0.2, 0.25) is 0 Å². The SMILES string of the molecule is FCc1cc(-c2cccc(CF)n2)ccn1. The molecule has 82 valence electrons. The van der Waals surface area contributed by atoms with Crippen molar-refractivity contribution < 1.29 is 8.78 Å². The van der Waals surface area contributed by atoms with E-state index >= 15 is 0 Å². The summed E-state index contributed by atoms with van der Waals surface area (Å²) in [7, 11) is 0. The van der Waals surface area contributed by atoms with E-state index in [4.69, 9.17) is 0 Å². The van der Waals surface area contributed by atoms with Gasteiger partial charge in [0.1, 0.15) is 13.3 Å². The second kappa shape index (κ2) is 4.79. The normalized spacial score (nSPS) is 10.4. The molecule has 0 aliphatic heterocycles. The van der Waals surface area contributed by atoms with Gasteiger partial charge in [0.2, 0.25) is 0 Å². The Labute approximate surface area is 92.0 Å². The molecule has 0 aromatic carbocycles. The van der Waals surface area contributed by atoms with Gasteiger partial charge >= 0.3 is 0 Å². The summed E-state index contributed by atoms with van der Waals surface area (Å²) in [5.41, 5.74) is 2.10. The van der Waals surface area contributed by atoms with Crippen LogP contribution in [0.3, 0.4) is 0 Å². The van der Waals surface area contributed by atoms with Crippen molar-refractivity contribution in [2.75, 3.05) is 0 Å². The zero-order valence-corrected chi connectivity index (χ0v) is 8.53. The summed E-state index contributed by atoms with van der Waals surface area (Å²) in [4.78, 5) is 7.96. The Bertz CT molecular complexity index is 440. The molecule has 0 saturated carbocycles. The maximum Gasteiger partial charge on any atom is 0.131 e. The Morgan fingerprint density at radius 3 is 2.56 bits per heavy atom. The molecule has 2 aromatic rings. The van der Waals surface area contributed by atoms with Gasteiger partial charge in [-0.2, -0.15) is 0 Å². The van der Waals surface area contributed by atoms with Crippen molar-refractivity contribution in [1.82, 2.24) is 9.97 Å². The monoisotopic (exact) mass is 220 g/mol. The molecule has 2 aromatic heterocycles. The molecule has 0 unspecified atom stereocenters. The minimum absolute atomic E-state index is 0.352. The first-order valence-corrected chi connectivity index (χ1v) is 4.86. The van der Waals surface area contributed by atoms with Crippen molar-refractivity contribution in [3.05, 3.63) is 47.9 Å². The molecular weight excluding hydrogens is 210 g/mol. The third-order valence-corrected chi connectivity index (χ3v) is 2.19. The number of hydrogen-bond donors (Lipinski definition) is 0. The zero-order chi connectivity index (χ0) is 11.4. The van der Waals surface area contributed by atoms with Gasteiger partial charge in [-0.1, -0.05) is 6.07 Å². The maximum absolute atomic E-state index is 12.4. The first-order chi connectivity index (χ1) is 7.83. The molecule has 0 bridgehead atoms. The highest BCUT2D eigenvalue weighted by Gasteiger charge is 2.02. The lowest BCUT2D eigenvalue weighted by molar-refractivity contribution is 0.475. The minimum atomic E-state index is -0.614. The average Bonchev–Trinajstić information content (AvgIpc) is 2.39. The lowest BCUT2D eigenvalue weighted by atomic mass is 10.1. The molecule has 0 saturated heterocycles. The Kier molecular flexibility index (Phi) is 3.19. The summed E-state index contributed by atoms with van der Waals surface area (Å²) in [6, 6.07) is 8.44. The van der Waals surface area contributed by atoms with Crippen LogP contribution < -0.4 is 0 Å². The van der Waals surface area contributed by atoms with Gasteiger partial charge < -0.3 is 0 Å². The van der Waals surface area contributed by atoms with Gasteiger partial charge in [0.05, 0.1) is 17.1 Å². The second-order valence-electron chi connectivity index (χ2n) is 3.32. The molecule has 0 aliphatic rings. The fraction of sp³-hybridized carbons (Fsp3) is 0.167. The van der Waals surface area contributed by atoms with Gasteiger partial charge in [0.15, 0.2) is 0 Å². The van der Waals surface area contributed by atoms with Gasteiger partial charge in [-0.05, 0) is 24.3 Å². The third kappa shape index (κ3) is 2.21. The van der Waals surface area contributed by atoms with E-state index in [-0.39, 0.29) is 0 Å². The predicted molar refractivity (Wildman–Crippen MR) is 57.1 cm³/mol. The standard InChI is InChI=1S/C12H10F2N2/c13-7-10-2-1-3-12(16-10)9-4-5-15-11(6-9)8-14/h1-6H,7-8H2. The lowest BCUT2D eigenvalue weighted by Gasteiger charge is -2.03. The smallest absolute Gasteiger partial charge is 0.131 e. The molecule has 2 rings (SSSR count). The fourth-order valence-electron chi connectivity index (χ4n) is 1.43. The Morgan fingerprint density at radius 2 is 1.81 bits per heavy atom. The summed E-state index contributed by atoms with van der Waals surface area (Å²) in [6.07, 6.45) is 1.52. The molecule has 0 N–H and O–H groups in total. The third-order valence-electron chi connectivity index (χ3n) is 2.19. The molecule has 4 heteroatoms. The topological polar surface area (TPSA) is 25.8 Å². The highest BCUT2D eigenvalue weighted by molar-refractivity contribution is 5.59. The van der Waals surface area contributed by atoms with Crippen LogP contribution in [0, 0.1) is 0 Å². The molecule has 2 heterocycles. The lowest BCUT2D eigenvalue weighted by Crippen LogP contribution is -1.91. The van der Waals surface area contributed by atoms with Crippen molar-refractivity contribution >= 4 is 0 Å². The first kappa shape index (κ1) is 10.7. The van der Waals surface area contributed by atoms with Crippen LogP contribution in [0.1, 0.15) is 11.4 Å². The number of rotatable bonds is 3. The van der Waals surface area contributed by atoms with Crippen molar-refractivity contribution in [2.24, 2.45) is 0 Å². The van der Waals surface area contributed by atoms with E-state index in [0.29, 0.717) is 17.1 Å². The van der Waals surface area contributed by atoms with Crippen LogP contribution in [-0.4, -0.2) is 9.97 Å². The molecule has 0 spiro atoms. The van der Waals surface area contributed by atoms with Gasteiger partial charge in [-0.25, -0.2) is 8.78 Å². The van der Waals surface area contributed by atoms with E-state index in [1.165, 1.54) is 6.20 Å². The summed E-state index contributed by atoms with van der Waals surface area (Å²) in [6.45, 7) is -1.22. The van der Waals surface area contributed by atoms with Crippen molar-refractivity contribution in [2.45, 2.75) is 13.3 Å². The number of aromatic nitrogens is 2. The van der Waals surface area contributed by atoms with E-state index in [1.807, 2.05) is 0 Å². The van der Waals surface area contributed by atoms with E-state index < -0.39 is 13.3 Å². The number of halogens is 2. The molecule has 0 amide bonds.